The summed E-state index contributed by atoms with van der Waals surface area (Å²) in [6, 6.07) is 6.92. The van der Waals surface area contributed by atoms with E-state index in [1.54, 1.807) is 0 Å². The number of guanidine groups is 1. The summed E-state index contributed by atoms with van der Waals surface area (Å²) < 4.78 is 5.76. The van der Waals surface area contributed by atoms with Gasteiger partial charge in [-0.15, -0.1) is 24.0 Å². The maximum Gasteiger partial charge on any atom is 0.191 e. The van der Waals surface area contributed by atoms with Gasteiger partial charge >= 0.3 is 0 Å². The molecular formula is C19H32IN5O. The zero-order valence-corrected chi connectivity index (χ0v) is 18.5. The first-order valence-corrected chi connectivity index (χ1v) is 9.33. The smallest absolute Gasteiger partial charge is 0.191 e. The third-order valence-electron chi connectivity index (χ3n) is 5.09. The van der Waals surface area contributed by atoms with Crippen LogP contribution in [0.25, 0.3) is 0 Å². The van der Waals surface area contributed by atoms with Crippen molar-refractivity contribution in [3.05, 3.63) is 29.3 Å². The Kier molecular flexibility index (Phi) is 8.43. The van der Waals surface area contributed by atoms with Crippen LogP contribution in [-0.4, -0.2) is 74.7 Å². The molecule has 3 heterocycles. The van der Waals surface area contributed by atoms with Gasteiger partial charge in [-0.2, -0.15) is 0 Å². The summed E-state index contributed by atoms with van der Waals surface area (Å²) in [4.78, 5) is 9.51. The first-order chi connectivity index (χ1) is 12.2. The van der Waals surface area contributed by atoms with Crippen molar-refractivity contribution < 1.29 is 4.74 Å². The van der Waals surface area contributed by atoms with Crippen molar-refractivity contribution in [3.63, 3.8) is 0 Å². The molecule has 3 aliphatic heterocycles. The minimum atomic E-state index is 0. The standard InChI is InChI=1S/C19H31N5O.HI/c1-4-25-18-11-15(2)5-6-16(18)12-21-19(20-3)22-13-17-14-23-7-9-24(17)10-8-23;/h5-6,11,17H,4,7-10,12-14H2,1-3H3,(H2,20,21,22);1H. The van der Waals surface area contributed by atoms with Crippen LogP contribution in [0.5, 0.6) is 5.75 Å². The lowest BCUT2D eigenvalue weighted by Crippen LogP contribution is -2.63. The highest BCUT2D eigenvalue weighted by molar-refractivity contribution is 14.0. The Morgan fingerprint density at radius 2 is 2.00 bits per heavy atom. The van der Waals surface area contributed by atoms with E-state index in [-0.39, 0.29) is 24.0 Å². The normalized spacial score (nSPS) is 24.7. The number of halogens is 1. The van der Waals surface area contributed by atoms with Gasteiger partial charge in [0, 0.05) is 64.5 Å². The van der Waals surface area contributed by atoms with Gasteiger partial charge in [0.25, 0.3) is 0 Å². The zero-order chi connectivity index (χ0) is 17.6. The molecule has 1 unspecified atom stereocenters. The fourth-order valence-electron chi connectivity index (χ4n) is 3.63. The summed E-state index contributed by atoms with van der Waals surface area (Å²) in [6.45, 7) is 12.4. The third kappa shape index (κ3) is 5.47. The fourth-order valence-corrected chi connectivity index (χ4v) is 3.63. The molecule has 2 bridgehead atoms. The van der Waals surface area contributed by atoms with Crippen molar-refractivity contribution >= 4 is 29.9 Å². The van der Waals surface area contributed by atoms with Crippen LogP contribution in [0.15, 0.2) is 23.2 Å². The number of fused-ring (bicyclic) bond motifs is 3. The number of benzene rings is 1. The van der Waals surface area contributed by atoms with Crippen LogP contribution >= 0.6 is 24.0 Å². The van der Waals surface area contributed by atoms with Gasteiger partial charge in [-0.1, -0.05) is 12.1 Å². The minimum absolute atomic E-state index is 0. The van der Waals surface area contributed by atoms with Crippen molar-refractivity contribution in [1.29, 1.82) is 0 Å². The topological polar surface area (TPSA) is 52.1 Å². The Balaban J connectivity index is 0.00000243. The number of hydrogen-bond acceptors (Lipinski definition) is 4. The lowest BCUT2D eigenvalue weighted by Gasteiger charge is -2.47. The largest absolute Gasteiger partial charge is 0.494 e. The average molecular weight is 473 g/mol. The molecule has 3 fully saturated rings. The molecule has 1 aromatic carbocycles. The number of nitrogens with zero attached hydrogens (tertiary/aromatic N) is 3. The number of aliphatic imine (C=N–C) groups is 1. The summed E-state index contributed by atoms with van der Waals surface area (Å²) in [5.41, 5.74) is 2.37. The number of nitrogens with one attached hydrogen (secondary N) is 2. The molecule has 0 saturated carbocycles. The Morgan fingerprint density at radius 1 is 1.23 bits per heavy atom. The maximum absolute atomic E-state index is 5.76. The van der Waals surface area contributed by atoms with E-state index in [0.29, 0.717) is 19.2 Å². The van der Waals surface area contributed by atoms with Gasteiger partial charge < -0.3 is 15.4 Å². The monoisotopic (exact) mass is 473 g/mol. The van der Waals surface area contributed by atoms with E-state index in [2.05, 4.69) is 50.5 Å². The number of rotatable bonds is 6. The van der Waals surface area contributed by atoms with Gasteiger partial charge in [-0.25, -0.2) is 0 Å². The second-order valence-electron chi connectivity index (χ2n) is 6.84. The van der Waals surface area contributed by atoms with Gasteiger partial charge in [0.2, 0.25) is 0 Å². The number of hydrogen-bond donors (Lipinski definition) is 2. The molecule has 26 heavy (non-hydrogen) atoms. The van der Waals surface area contributed by atoms with Crippen molar-refractivity contribution in [1.82, 2.24) is 20.4 Å². The molecule has 0 aliphatic carbocycles. The summed E-state index contributed by atoms with van der Waals surface area (Å²) in [7, 11) is 1.82. The Labute approximate surface area is 174 Å². The van der Waals surface area contributed by atoms with Crippen LogP contribution in [0.2, 0.25) is 0 Å². The fraction of sp³-hybridized carbons (Fsp3) is 0.632. The van der Waals surface area contributed by atoms with E-state index in [4.69, 9.17) is 4.74 Å². The maximum atomic E-state index is 5.76. The van der Waals surface area contributed by atoms with Crippen LogP contribution in [-0.2, 0) is 6.54 Å². The molecule has 0 radical (unpaired) electrons. The van der Waals surface area contributed by atoms with E-state index in [1.165, 1.54) is 31.7 Å². The Bertz CT molecular complexity index is 602. The molecule has 7 heteroatoms. The zero-order valence-electron chi connectivity index (χ0n) is 16.1. The van der Waals surface area contributed by atoms with Crippen molar-refractivity contribution in [2.75, 3.05) is 52.9 Å². The Hall–Kier alpha value is -1.06. The second kappa shape index (κ2) is 10.3. The molecule has 3 saturated heterocycles. The van der Waals surface area contributed by atoms with Crippen molar-refractivity contribution in [2.24, 2.45) is 4.99 Å². The molecule has 4 rings (SSSR count). The third-order valence-corrected chi connectivity index (χ3v) is 5.09. The molecule has 0 amide bonds. The van der Waals surface area contributed by atoms with Crippen LogP contribution < -0.4 is 15.4 Å². The van der Waals surface area contributed by atoms with E-state index in [9.17, 15) is 0 Å². The summed E-state index contributed by atoms with van der Waals surface area (Å²) >= 11 is 0. The Morgan fingerprint density at radius 3 is 2.62 bits per heavy atom. The summed E-state index contributed by atoms with van der Waals surface area (Å²) in [5, 5.41) is 6.90. The number of aryl methyl sites for hydroxylation is 1. The van der Waals surface area contributed by atoms with Gasteiger partial charge in [0.05, 0.1) is 6.61 Å². The van der Waals surface area contributed by atoms with Gasteiger partial charge in [-0.3, -0.25) is 14.8 Å². The van der Waals surface area contributed by atoms with Gasteiger partial charge in [0.1, 0.15) is 5.75 Å². The molecule has 146 valence electrons. The SMILES string of the molecule is CCOc1cc(C)ccc1CNC(=NC)NCC1CN2CCN1CC2.I. The van der Waals surface area contributed by atoms with Crippen LogP contribution in [0.1, 0.15) is 18.1 Å². The van der Waals surface area contributed by atoms with E-state index in [1.807, 2.05) is 14.0 Å². The molecule has 1 atom stereocenters. The molecule has 6 nitrogen and oxygen atoms in total. The van der Waals surface area contributed by atoms with Crippen LogP contribution in [0.4, 0.5) is 0 Å². The number of ether oxygens (including phenoxy) is 1. The molecule has 0 spiro atoms. The van der Waals surface area contributed by atoms with Crippen LogP contribution in [0, 0.1) is 6.92 Å². The van der Waals surface area contributed by atoms with Gasteiger partial charge in [0.15, 0.2) is 5.96 Å². The molecule has 3 aliphatic rings. The van der Waals surface area contributed by atoms with Crippen molar-refractivity contribution in [3.8, 4) is 5.75 Å². The molecule has 1 aromatic rings. The second-order valence-corrected chi connectivity index (χ2v) is 6.84. The highest BCUT2D eigenvalue weighted by Crippen LogP contribution is 2.20. The molecular weight excluding hydrogens is 441 g/mol. The predicted molar refractivity (Wildman–Crippen MR) is 118 cm³/mol. The lowest BCUT2D eigenvalue weighted by molar-refractivity contribution is 0.0154. The first kappa shape index (κ1) is 21.2. The highest BCUT2D eigenvalue weighted by atomic mass is 127. The predicted octanol–water partition coefficient (Wildman–Crippen LogP) is 1.68. The van der Waals surface area contributed by atoms with E-state index >= 15 is 0 Å². The average Bonchev–Trinajstić information content (AvgIpc) is 2.64. The van der Waals surface area contributed by atoms with Gasteiger partial charge in [-0.05, 0) is 25.5 Å². The quantitative estimate of drug-likeness (QED) is 0.374. The lowest BCUT2D eigenvalue weighted by atomic mass is 10.1. The van der Waals surface area contributed by atoms with Crippen LogP contribution in [0.3, 0.4) is 0 Å². The van der Waals surface area contributed by atoms with E-state index in [0.717, 1.165) is 30.4 Å². The highest BCUT2D eigenvalue weighted by Gasteiger charge is 2.31. The first-order valence-electron chi connectivity index (χ1n) is 9.33. The number of piperazine rings is 3. The summed E-state index contributed by atoms with van der Waals surface area (Å²) in [5.74, 6) is 1.80. The van der Waals surface area contributed by atoms with Crippen molar-refractivity contribution in [2.45, 2.75) is 26.4 Å². The summed E-state index contributed by atoms with van der Waals surface area (Å²) in [6.07, 6.45) is 0. The molecule has 0 aromatic heterocycles. The molecule has 2 N–H and O–H groups in total. The minimum Gasteiger partial charge on any atom is -0.494 e. The van der Waals surface area contributed by atoms with E-state index < -0.39 is 0 Å².